The normalized spacial score (nSPS) is 27.0. The third-order valence-corrected chi connectivity index (χ3v) is 3.91. The van der Waals surface area contributed by atoms with Gasteiger partial charge in [0.2, 0.25) is 17.8 Å². The molecule has 0 amide bonds. The van der Waals surface area contributed by atoms with Gasteiger partial charge >= 0.3 is 0 Å². The Hall–Kier alpha value is -2.26. The molecule has 2 fully saturated rings. The van der Waals surface area contributed by atoms with E-state index in [1.807, 2.05) is 0 Å². The van der Waals surface area contributed by atoms with Crippen LogP contribution in [0.1, 0.15) is 19.3 Å². The van der Waals surface area contributed by atoms with E-state index in [1.54, 1.807) is 23.3 Å². The quantitative estimate of drug-likeness (QED) is 0.535. The zero-order valence-corrected chi connectivity index (χ0v) is 11.3. The van der Waals surface area contributed by atoms with E-state index in [0.29, 0.717) is 23.9 Å². The molecule has 2 bridgehead atoms. The molecule has 9 heteroatoms. The highest BCUT2D eigenvalue weighted by atomic mass is 16.5. The fourth-order valence-corrected chi connectivity index (χ4v) is 2.94. The molecule has 2 aliphatic heterocycles. The molecule has 21 heavy (non-hydrogen) atoms. The van der Waals surface area contributed by atoms with E-state index in [1.165, 1.54) is 0 Å². The Morgan fingerprint density at radius 1 is 1.24 bits per heavy atom. The second-order valence-electron chi connectivity index (χ2n) is 5.26. The molecule has 0 aliphatic carbocycles. The summed E-state index contributed by atoms with van der Waals surface area (Å²) in [6.45, 7) is 0. The molecule has 0 saturated carbocycles. The van der Waals surface area contributed by atoms with E-state index in [9.17, 15) is 0 Å². The minimum Gasteiger partial charge on any atom is -0.373 e. The van der Waals surface area contributed by atoms with Gasteiger partial charge in [-0.15, -0.1) is 0 Å². The summed E-state index contributed by atoms with van der Waals surface area (Å²) in [5.41, 5.74) is 2.46. The summed E-state index contributed by atoms with van der Waals surface area (Å²) in [6, 6.07) is 0.243. The molecule has 4 N–H and O–H groups in total. The smallest absolute Gasteiger partial charge is 0.243 e. The van der Waals surface area contributed by atoms with Crippen LogP contribution in [-0.2, 0) is 4.74 Å². The van der Waals surface area contributed by atoms with Crippen LogP contribution < -0.4 is 16.6 Å². The number of imidazole rings is 1. The fraction of sp³-hybridized carbons (Fsp3) is 0.500. The summed E-state index contributed by atoms with van der Waals surface area (Å²) < 4.78 is 7.53. The summed E-state index contributed by atoms with van der Waals surface area (Å²) in [5, 5.41) is 3.33. The van der Waals surface area contributed by atoms with Crippen molar-refractivity contribution in [1.29, 1.82) is 0 Å². The first-order valence-corrected chi connectivity index (χ1v) is 6.95. The second-order valence-corrected chi connectivity index (χ2v) is 5.26. The Balaban J connectivity index is 1.61. The first-order chi connectivity index (χ1) is 10.3. The molecule has 0 aromatic carbocycles. The monoisotopic (exact) mass is 288 g/mol. The molecule has 4 rings (SSSR count). The Morgan fingerprint density at radius 2 is 2.14 bits per heavy atom. The minimum atomic E-state index is 0.243. The van der Waals surface area contributed by atoms with Crippen molar-refractivity contribution in [2.24, 2.45) is 5.84 Å². The van der Waals surface area contributed by atoms with Crippen molar-refractivity contribution in [1.82, 2.24) is 24.5 Å². The zero-order chi connectivity index (χ0) is 14.2. The number of nitrogens with two attached hydrogens (primary N) is 1. The van der Waals surface area contributed by atoms with Gasteiger partial charge in [-0.25, -0.2) is 10.8 Å². The van der Waals surface area contributed by atoms with Gasteiger partial charge < -0.3 is 10.1 Å². The molecule has 4 heterocycles. The molecule has 110 valence electrons. The second kappa shape index (κ2) is 4.93. The Morgan fingerprint density at radius 3 is 2.81 bits per heavy atom. The Bertz CT molecular complexity index is 630. The van der Waals surface area contributed by atoms with Gasteiger partial charge in [0.15, 0.2) is 0 Å². The predicted molar refractivity (Wildman–Crippen MR) is 74.7 cm³/mol. The Labute approximate surface area is 120 Å². The highest BCUT2D eigenvalue weighted by Crippen LogP contribution is 2.35. The number of nitrogens with zero attached hydrogens (tertiary/aromatic N) is 5. The standard InChI is InChI=1S/C12H16N8O/c13-19-11-16-10(15-8-5-7-1-2-9(8)21-7)17-12(18-11)20-4-3-14-6-20/h3-4,6-9H,1-2,5,13H2,(H2,15,16,17,18,19). The van der Waals surface area contributed by atoms with Crippen LogP contribution in [-0.4, -0.2) is 42.8 Å². The summed E-state index contributed by atoms with van der Waals surface area (Å²) >= 11 is 0. The minimum absolute atomic E-state index is 0.243. The molecule has 9 nitrogen and oxygen atoms in total. The molecule has 2 aliphatic rings. The van der Waals surface area contributed by atoms with Crippen LogP contribution in [0.3, 0.4) is 0 Å². The number of hydrogen-bond acceptors (Lipinski definition) is 8. The average molecular weight is 288 g/mol. The average Bonchev–Trinajstić information content (AvgIpc) is 3.24. The number of nitrogens with one attached hydrogen (secondary N) is 2. The number of hydrogen-bond donors (Lipinski definition) is 3. The van der Waals surface area contributed by atoms with Crippen molar-refractivity contribution < 1.29 is 4.74 Å². The van der Waals surface area contributed by atoms with E-state index in [0.717, 1.165) is 19.3 Å². The van der Waals surface area contributed by atoms with Crippen LogP contribution in [0.2, 0.25) is 0 Å². The van der Waals surface area contributed by atoms with Crippen LogP contribution >= 0.6 is 0 Å². The van der Waals surface area contributed by atoms with E-state index < -0.39 is 0 Å². The number of anilines is 2. The fourth-order valence-electron chi connectivity index (χ4n) is 2.94. The van der Waals surface area contributed by atoms with Crippen molar-refractivity contribution in [3.05, 3.63) is 18.7 Å². The summed E-state index contributed by atoms with van der Waals surface area (Å²) in [5.74, 6) is 6.68. The maximum Gasteiger partial charge on any atom is 0.243 e. The molecule has 0 spiro atoms. The van der Waals surface area contributed by atoms with Gasteiger partial charge in [0.1, 0.15) is 6.33 Å². The third kappa shape index (κ3) is 2.30. The van der Waals surface area contributed by atoms with Gasteiger partial charge in [0.05, 0.1) is 18.2 Å². The maximum atomic E-state index is 5.83. The molecule has 2 aromatic heterocycles. The lowest BCUT2D eigenvalue weighted by molar-refractivity contribution is 0.102. The number of aromatic nitrogens is 5. The van der Waals surface area contributed by atoms with Gasteiger partial charge in [-0.05, 0) is 19.3 Å². The lowest BCUT2D eigenvalue weighted by Crippen LogP contribution is -2.31. The molecule has 3 unspecified atom stereocenters. The van der Waals surface area contributed by atoms with Gasteiger partial charge in [0.25, 0.3) is 0 Å². The SMILES string of the molecule is NNc1nc(NC2CC3CCC2O3)nc(-n2ccnc2)n1. The topological polar surface area (TPSA) is 116 Å². The summed E-state index contributed by atoms with van der Waals surface area (Å²) in [4.78, 5) is 16.9. The number of nitrogen functional groups attached to an aromatic ring is 1. The summed E-state index contributed by atoms with van der Waals surface area (Å²) in [7, 11) is 0. The number of fused-ring (bicyclic) bond motifs is 2. The summed E-state index contributed by atoms with van der Waals surface area (Å²) in [6.07, 6.45) is 8.89. The lowest BCUT2D eigenvalue weighted by Gasteiger charge is -2.20. The predicted octanol–water partition coefficient (Wildman–Crippen LogP) is 0.0747. The van der Waals surface area contributed by atoms with Crippen molar-refractivity contribution in [3.8, 4) is 5.95 Å². The van der Waals surface area contributed by atoms with Crippen molar-refractivity contribution in [2.75, 3.05) is 10.7 Å². The highest BCUT2D eigenvalue weighted by molar-refractivity contribution is 5.38. The molecule has 2 aromatic rings. The first kappa shape index (κ1) is 12.5. The number of ether oxygens (including phenoxy) is 1. The van der Waals surface area contributed by atoms with Crippen LogP contribution in [0.15, 0.2) is 18.7 Å². The third-order valence-electron chi connectivity index (χ3n) is 3.91. The van der Waals surface area contributed by atoms with Crippen molar-refractivity contribution in [2.45, 2.75) is 37.5 Å². The molecule has 3 atom stereocenters. The number of hydrazine groups is 1. The maximum absolute atomic E-state index is 5.83. The highest BCUT2D eigenvalue weighted by Gasteiger charge is 2.41. The van der Waals surface area contributed by atoms with Crippen LogP contribution in [0.5, 0.6) is 0 Å². The van der Waals surface area contributed by atoms with Gasteiger partial charge in [-0.2, -0.15) is 15.0 Å². The lowest BCUT2D eigenvalue weighted by atomic mass is 9.96. The zero-order valence-electron chi connectivity index (χ0n) is 11.3. The van der Waals surface area contributed by atoms with Crippen LogP contribution in [0.4, 0.5) is 11.9 Å². The largest absolute Gasteiger partial charge is 0.373 e. The van der Waals surface area contributed by atoms with Gasteiger partial charge in [-0.1, -0.05) is 0 Å². The number of rotatable bonds is 4. The molecule has 0 radical (unpaired) electrons. The van der Waals surface area contributed by atoms with E-state index in [2.05, 4.69) is 30.7 Å². The van der Waals surface area contributed by atoms with Crippen LogP contribution in [0.25, 0.3) is 5.95 Å². The molecular weight excluding hydrogens is 272 g/mol. The van der Waals surface area contributed by atoms with E-state index in [-0.39, 0.29) is 12.1 Å². The molecular formula is C12H16N8O. The van der Waals surface area contributed by atoms with Gasteiger partial charge in [0, 0.05) is 12.4 Å². The van der Waals surface area contributed by atoms with E-state index in [4.69, 9.17) is 10.6 Å². The molecule has 2 saturated heterocycles. The van der Waals surface area contributed by atoms with Crippen molar-refractivity contribution in [3.63, 3.8) is 0 Å². The van der Waals surface area contributed by atoms with Crippen molar-refractivity contribution >= 4 is 11.9 Å². The Kier molecular flexibility index (Phi) is 2.93. The first-order valence-electron chi connectivity index (χ1n) is 6.95. The van der Waals surface area contributed by atoms with Crippen LogP contribution in [0, 0.1) is 0 Å². The van der Waals surface area contributed by atoms with Gasteiger partial charge in [-0.3, -0.25) is 9.99 Å². The van der Waals surface area contributed by atoms with E-state index >= 15 is 0 Å².